The monoisotopic (exact) mass is 382 g/mol. The first kappa shape index (κ1) is 19.2. The largest absolute Gasteiger partial charge is 0.497 e. The summed E-state index contributed by atoms with van der Waals surface area (Å²) >= 11 is 0. The number of carbonyl (C=O) groups is 1. The number of para-hydroxylation sites is 1. The Kier molecular flexibility index (Phi) is 6.11. The Bertz CT molecular complexity index is 978. The minimum absolute atomic E-state index is 0.0851. The molecule has 146 valence electrons. The van der Waals surface area contributed by atoms with Crippen LogP contribution in [0.5, 0.6) is 11.5 Å². The van der Waals surface area contributed by atoms with Crippen molar-refractivity contribution in [1.82, 2.24) is 19.7 Å². The van der Waals surface area contributed by atoms with Gasteiger partial charge in [0, 0.05) is 19.2 Å². The maximum atomic E-state index is 12.4. The number of rotatable bonds is 8. The molecular weight excluding hydrogens is 360 g/mol. The molecule has 1 aromatic heterocycles. The lowest BCUT2D eigenvalue weighted by molar-refractivity contribution is -0.123. The Morgan fingerprint density at radius 1 is 1.07 bits per heavy atom. The predicted molar refractivity (Wildman–Crippen MR) is 104 cm³/mol. The molecule has 1 N–H and O–H groups in total. The SMILES string of the molecule is COc1ccc(-c2nn(CCNC(=O)COc3ccccc3)c(=O)n2C)cc1. The first-order valence-corrected chi connectivity index (χ1v) is 8.81. The van der Waals surface area contributed by atoms with Crippen molar-refractivity contribution in [3.05, 3.63) is 65.1 Å². The van der Waals surface area contributed by atoms with E-state index < -0.39 is 0 Å². The van der Waals surface area contributed by atoms with E-state index in [1.165, 1.54) is 9.25 Å². The minimum atomic E-state index is -0.261. The van der Waals surface area contributed by atoms with Crippen molar-refractivity contribution >= 4 is 5.91 Å². The summed E-state index contributed by atoms with van der Waals surface area (Å²) in [6, 6.07) is 16.4. The van der Waals surface area contributed by atoms with Crippen LogP contribution in [0.2, 0.25) is 0 Å². The molecule has 0 saturated heterocycles. The number of amides is 1. The van der Waals surface area contributed by atoms with Gasteiger partial charge >= 0.3 is 5.69 Å². The molecule has 0 aliphatic heterocycles. The van der Waals surface area contributed by atoms with Gasteiger partial charge in [0.25, 0.3) is 5.91 Å². The maximum absolute atomic E-state index is 12.4. The van der Waals surface area contributed by atoms with Crippen molar-refractivity contribution in [3.63, 3.8) is 0 Å². The van der Waals surface area contributed by atoms with Gasteiger partial charge in [0.1, 0.15) is 11.5 Å². The van der Waals surface area contributed by atoms with E-state index in [4.69, 9.17) is 9.47 Å². The third-order valence-corrected chi connectivity index (χ3v) is 4.15. The number of hydrogen-bond acceptors (Lipinski definition) is 5. The van der Waals surface area contributed by atoms with E-state index in [1.807, 2.05) is 42.5 Å². The van der Waals surface area contributed by atoms with Crippen molar-refractivity contribution in [1.29, 1.82) is 0 Å². The van der Waals surface area contributed by atoms with E-state index in [9.17, 15) is 9.59 Å². The summed E-state index contributed by atoms with van der Waals surface area (Å²) in [4.78, 5) is 24.3. The fourth-order valence-corrected chi connectivity index (χ4v) is 2.64. The number of ether oxygens (including phenoxy) is 2. The van der Waals surface area contributed by atoms with Crippen molar-refractivity contribution < 1.29 is 14.3 Å². The maximum Gasteiger partial charge on any atom is 0.345 e. The Hall–Kier alpha value is -3.55. The molecule has 0 saturated carbocycles. The number of hydrogen-bond donors (Lipinski definition) is 1. The molecule has 0 atom stereocenters. The van der Waals surface area contributed by atoms with E-state index in [-0.39, 0.29) is 31.3 Å². The first-order chi connectivity index (χ1) is 13.6. The molecule has 8 nitrogen and oxygen atoms in total. The Labute approximate surface area is 162 Å². The molecule has 1 amide bonds. The van der Waals surface area contributed by atoms with Crippen LogP contribution in [0.1, 0.15) is 0 Å². The van der Waals surface area contributed by atoms with Crippen LogP contribution in [-0.2, 0) is 18.4 Å². The Morgan fingerprint density at radius 3 is 2.46 bits per heavy atom. The molecule has 3 aromatic rings. The van der Waals surface area contributed by atoms with Gasteiger partial charge in [-0.2, -0.15) is 0 Å². The van der Waals surface area contributed by atoms with E-state index in [0.717, 1.165) is 11.3 Å². The van der Waals surface area contributed by atoms with Crippen LogP contribution in [0.25, 0.3) is 11.4 Å². The summed E-state index contributed by atoms with van der Waals surface area (Å²) in [5.41, 5.74) is 0.556. The number of methoxy groups -OCH3 is 1. The lowest BCUT2D eigenvalue weighted by atomic mass is 10.2. The third kappa shape index (κ3) is 4.59. The second kappa shape index (κ2) is 8.90. The highest BCUT2D eigenvalue weighted by atomic mass is 16.5. The zero-order valence-electron chi connectivity index (χ0n) is 15.8. The zero-order chi connectivity index (χ0) is 19.9. The lowest BCUT2D eigenvalue weighted by Crippen LogP contribution is -2.34. The molecule has 0 aliphatic rings. The number of benzene rings is 2. The van der Waals surface area contributed by atoms with E-state index in [2.05, 4.69) is 10.4 Å². The third-order valence-electron chi connectivity index (χ3n) is 4.15. The van der Waals surface area contributed by atoms with Crippen molar-refractivity contribution in [2.45, 2.75) is 6.54 Å². The summed E-state index contributed by atoms with van der Waals surface area (Å²) in [6.07, 6.45) is 0. The second-order valence-electron chi connectivity index (χ2n) is 6.07. The summed E-state index contributed by atoms with van der Waals surface area (Å²) in [5, 5.41) is 7.09. The van der Waals surface area contributed by atoms with E-state index in [0.29, 0.717) is 11.6 Å². The highest BCUT2D eigenvalue weighted by Gasteiger charge is 2.12. The minimum Gasteiger partial charge on any atom is -0.497 e. The van der Waals surface area contributed by atoms with E-state index >= 15 is 0 Å². The smallest absolute Gasteiger partial charge is 0.345 e. The zero-order valence-corrected chi connectivity index (χ0v) is 15.8. The average molecular weight is 382 g/mol. The highest BCUT2D eigenvalue weighted by Crippen LogP contribution is 2.19. The molecule has 3 rings (SSSR count). The van der Waals surface area contributed by atoms with Crippen molar-refractivity contribution in [3.8, 4) is 22.9 Å². The highest BCUT2D eigenvalue weighted by molar-refractivity contribution is 5.77. The van der Waals surface area contributed by atoms with Gasteiger partial charge in [0.05, 0.1) is 13.7 Å². The summed E-state index contributed by atoms with van der Waals surface area (Å²) in [5.74, 6) is 1.64. The standard InChI is InChI=1S/C20H22N4O4/c1-23-19(15-8-10-16(27-2)11-9-15)22-24(20(23)26)13-12-21-18(25)14-28-17-6-4-3-5-7-17/h3-11H,12-14H2,1-2H3,(H,21,25). The van der Waals surface area contributed by atoms with Crippen LogP contribution in [0.15, 0.2) is 59.4 Å². The van der Waals surface area contributed by atoms with Crippen LogP contribution >= 0.6 is 0 Å². The molecule has 28 heavy (non-hydrogen) atoms. The van der Waals surface area contributed by atoms with Gasteiger partial charge in [0.2, 0.25) is 0 Å². The Morgan fingerprint density at radius 2 is 1.79 bits per heavy atom. The second-order valence-corrected chi connectivity index (χ2v) is 6.07. The van der Waals surface area contributed by atoms with Gasteiger partial charge in [-0.1, -0.05) is 18.2 Å². The van der Waals surface area contributed by atoms with Gasteiger partial charge in [-0.25, -0.2) is 9.48 Å². The van der Waals surface area contributed by atoms with Gasteiger partial charge in [-0.05, 0) is 36.4 Å². The number of carbonyl (C=O) groups excluding carboxylic acids is 1. The Balaban J connectivity index is 1.56. The topological polar surface area (TPSA) is 87.4 Å². The van der Waals surface area contributed by atoms with Gasteiger partial charge in [0.15, 0.2) is 12.4 Å². The number of nitrogens with zero attached hydrogens (tertiary/aromatic N) is 3. The first-order valence-electron chi connectivity index (χ1n) is 8.81. The van der Waals surface area contributed by atoms with Gasteiger partial charge in [-0.3, -0.25) is 9.36 Å². The molecule has 2 aromatic carbocycles. The normalized spacial score (nSPS) is 10.5. The molecule has 0 spiro atoms. The molecule has 0 radical (unpaired) electrons. The molecule has 0 unspecified atom stereocenters. The van der Waals surface area contributed by atoms with Crippen LogP contribution in [0, 0.1) is 0 Å². The van der Waals surface area contributed by atoms with Crippen molar-refractivity contribution in [2.75, 3.05) is 20.3 Å². The molecule has 0 aliphatic carbocycles. The molecule has 1 heterocycles. The van der Waals surface area contributed by atoms with Crippen LogP contribution < -0.4 is 20.5 Å². The summed E-state index contributed by atoms with van der Waals surface area (Å²) in [7, 11) is 3.26. The quantitative estimate of drug-likeness (QED) is 0.637. The average Bonchev–Trinajstić information content (AvgIpc) is 3.02. The predicted octanol–water partition coefficient (Wildman–Crippen LogP) is 1.45. The van der Waals surface area contributed by atoms with Crippen LogP contribution in [-0.4, -0.2) is 40.5 Å². The van der Waals surface area contributed by atoms with Gasteiger partial charge < -0.3 is 14.8 Å². The van der Waals surface area contributed by atoms with Gasteiger partial charge in [-0.15, -0.1) is 5.10 Å². The lowest BCUT2D eigenvalue weighted by Gasteiger charge is -2.07. The molecular formula is C20H22N4O4. The van der Waals surface area contributed by atoms with Crippen LogP contribution in [0.3, 0.4) is 0 Å². The van der Waals surface area contributed by atoms with Crippen molar-refractivity contribution in [2.24, 2.45) is 7.05 Å². The van der Waals surface area contributed by atoms with Crippen LogP contribution in [0.4, 0.5) is 0 Å². The fraction of sp³-hybridized carbons (Fsp3) is 0.250. The van der Waals surface area contributed by atoms with E-state index in [1.54, 1.807) is 26.3 Å². The summed E-state index contributed by atoms with van der Waals surface area (Å²) < 4.78 is 13.3. The number of aromatic nitrogens is 3. The number of nitrogens with one attached hydrogen (secondary N) is 1. The molecule has 8 heteroatoms. The summed E-state index contributed by atoms with van der Waals surface area (Å²) in [6.45, 7) is 0.452. The molecule has 0 bridgehead atoms. The fourth-order valence-electron chi connectivity index (χ4n) is 2.64. The molecule has 0 fully saturated rings.